The van der Waals surface area contributed by atoms with E-state index in [4.69, 9.17) is 9.73 Å². The van der Waals surface area contributed by atoms with Crippen LogP contribution in [0.15, 0.2) is 93.5 Å². The third-order valence-corrected chi connectivity index (χ3v) is 7.90. The van der Waals surface area contributed by atoms with Gasteiger partial charge < -0.3 is 4.74 Å². The summed E-state index contributed by atoms with van der Waals surface area (Å²) in [6.45, 7) is 4.16. The lowest BCUT2D eigenvalue weighted by Gasteiger charge is -2.38. The van der Waals surface area contributed by atoms with Gasteiger partial charge in [-0.25, -0.2) is 4.79 Å². The van der Waals surface area contributed by atoms with E-state index in [1.807, 2.05) is 36.4 Å². The number of esters is 1. The number of ketones is 2. The Balaban J connectivity index is 1.38. The molecule has 0 fully saturated rings. The summed E-state index contributed by atoms with van der Waals surface area (Å²) < 4.78 is 6.45. The first-order valence-corrected chi connectivity index (χ1v) is 13.1. The number of allylic oxidation sites excluding steroid dienone is 2. The minimum atomic E-state index is -0.544. The second-order valence-electron chi connectivity index (χ2n) is 10.6. The summed E-state index contributed by atoms with van der Waals surface area (Å²) in [5, 5.41) is 0. The zero-order valence-electron chi connectivity index (χ0n) is 20.5. The van der Waals surface area contributed by atoms with E-state index in [0.717, 1.165) is 27.0 Å². The van der Waals surface area contributed by atoms with Crippen LogP contribution < -0.4 is 4.74 Å². The van der Waals surface area contributed by atoms with Gasteiger partial charge in [-0.15, -0.1) is 0 Å². The molecule has 0 N–H and O–H groups in total. The number of rotatable bonds is 3. The number of fused-ring (bicyclic) bond motifs is 3. The van der Waals surface area contributed by atoms with Crippen LogP contribution in [0.3, 0.4) is 0 Å². The van der Waals surface area contributed by atoms with E-state index in [2.05, 4.69) is 29.8 Å². The normalized spacial score (nSPS) is 21.6. The first-order chi connectivity index (χ1) is 17.7. The molecule has 2 aliphatic carbocycles. The third-order valence-electron chi connectivity index (χ3n) is 7.37. The predicted molar refractivity (Wildman–Crippen MR) is 144 cm³/mol. The van der Waals surface area contributed by atoms with Crippen LogP contribution in [0, 0.1) is 11.3 Å². The summed E-state index contributed by atoms with van der Waals surface area (Å²) in [5.41, 5.74) is 4.78. The smallest absolute Gasteiger partial charge is 0.343 e. The summed E-state index contributed by atoms with van der Waals surface area (Å²) >= 11 is 3.36. The van der Waals surface area contributed by atoms with Crippen molar-refractivity contribution in [2.24, 2.45) is 16.3 Å². The molecule has 0 unspecified atom stereocenters. The molecule has 1 heterocycles. The number of ether oxygens (including phenoxy) is 1. The van der Waals surface area contributed by atoms with Gasteiger partial charge in [-0.3, -0.25) is 14.6 Å². The molecular weight excluding hydrogens is 530 g/mol. The summed E-state index contributed by atoms with van der Waals surface area (Å²) in [6, 6.07) is 21.7. The van der Waals surface area contributed by atoms with Crippen molar-refractivity contribution < 1.29 is 19.1 Å². The Morgan fingerprint density at radius 3 is 2.27 bits per heavy atom. The first kappa shape index (κ1) is 23.7. The monoisotopic (exact) mass is 553 g/mol. The number of aliphatic imine (C=N–C) groups is 1. The van der Waals surface area contributed by atoms with Gasteiger partial charge in [0.05, 0.1) is 17.2 Å². The Kier molecular flexibility index (Phi) is 5.60. The fraction of sp³-hybridized carbons (Fsp3) is 0.226. The molecule has 0 spiro atoms. The Morgan fingerprint density at radius 1 is 0.892 bits per heavy atom. The Bertz CT molecular complexity index is 1530. The van der Waals surface area contributed by atoms with Gasteiger partial charge in [-0.1, -0.05) is 66.2 Å². The van der Waals surface area contributed by atoms with Crippen molar-refractivity contribution in [1.29, 1.82) is 0 Å². The molecular formula is C31H24BrNO4. The minimum Gasteiger partial charge on any atom is -0.423 e. The van der Waals surface area contributed by atoms with Gasteiger partial charge in [0.15, 0.2) is 11.6 Å². The summed E-state index contributed by atoms with van der Waals surface area (Å²) in [5.74, 6) is -0.987. The molecule has 6 heteroatoms. The molecule has 3 aromatic carbocycles. The highest BCUT2D eigenvalue weighted by molar-refractivity contribution is 9.10. The van der Waals surface area contributed by atoms with Gasteiger partial charge in [0.25, 0.3) is 0 Å². The van der Waals surface area contributed by atoms with Crippen LogP contribution in [-0.2, 0) is 4.79 Å². The van der Waals surface area contributed by atoms with Gasteiger partial charge in [-0.05, 0) is 53.8 Å². The first-order valence-electron chi connectivity index (χ1n) is 12.3. The minimum absolute atomic E-state index is 0.00530. The maximum Gasteiger partial charge on any atom is 0.343 e. The Morgan fingerprint density at radius 2 is 1.57 bits per heavy atom. The van der Waals surface area contributed by atoms with Crippen LogP contribution in [0.25, 0.3) is 0 Å². The number of carbonyl (C=O) groups is 3. The van der Waals surface area contributed by atoms with E-state index in [0.29, 0.717) is 35.3 Å². The van der Waals surface area contributed by atoms with Crippen molar-refractivity contribution >= 4 is 39.2 Å². The van der Waals surface area contributed by atoms with Gasteiger partial charge in [0.2, 0.25) is 0 Å². The van der Waals surface area contributed by atoms with Crippen LogP contribution in [0.5, 0.6) is 5.75 Å². The summed E-state index contributed by atoms with van der Waals surface area (Å²) in [7, 11) is 0. The van der Waals surface area contributed by atoms with E-state index in [1.165, 1.54) is 0 Å². The molecule has 5 nitrogen and oxygen atoms in total. The number of benzene rings is 3. The zero-order chi connectivity index (χ0) is 25.9. The van der Waals surface area contributed by atoms with Crippen molar-refractivity contribution in [3.05, 3.63) is 111 Å². The third kappa shape index (κ3) is 4.09. The van der Waals surface area contributed by atoms with Crippen molar-refractivity contribution in [1.82, 2.24) is 0 Å². The standard InChI is InChI=1S/C31H24BrNO4/c1-31(2)15-23-26(24(34)16-31)25(27-28(33-23)21-5-3-4-6-22(21)29(27)35)17-9-13-20(14-10-17)37-30(36)18-7-11-19(32)12-8-18/h3-14,25,27H,15-16H2,1-2H3/t25-,27+/m1/s1. The number of hydrogen-bond donors (Lipinski definition) is 0. The Hall–Kier alpha value is -3.64. The van der Waals surface area contributed by atoms with Crippen LogP contribution in [0.2, 0.25) is 0 Å². The lowest BCUT2D eigenvalue weighted by molar-refractivity contribution is -0.118. The van der Waals surface area contributed by atoms with Crippen LogP contribution >= 0.6 is 15.9 Å². The molecule has 0 radical (unpaired) electrons. The topological polar surface area (TPSA) is 72.8 Å². The molecule has 0 saturated heterocycles. The lowest BCUT2D eigenvalue weighted by atomic mass is 9.66. The molecule has 3 aliphatic rings. The number of hydrogen-bond acceptors (Lipinski definition) is 5. The van der Waals surface area contributed by atoms with Crippen molar-refractivity contribution in [3.63, 3.8) is 0 Å². The van der Waals surface area contributed by atoms with Gasteiger partial charge in [0, 0.05) is 39.2 Å². The van der Waals surface area contributed by atoms with E-state index < -0.39 is 17.8 Å². The van der Waals surface area contributed by atoms with Gasteiger partial charge in [0.1, 0.15) is 5.75 Å². The van der Waals surface area contributed by atoms with Crippen LogP contribution in [-0.4, -0.2) is 23.2 Å². The Labute approximate surface area is 223 Å². The van der Waals surface area contributed by atoms with Gasteiger partial charge >= 0.3 is 5.97 Å². The summed E-state index contributed by atoms with van der Waals surface area (Å²) in [4.78, 5) is 44.6. The highest BCUT2D eigenvalue weighted by Gasteiger charge is 2.50. The predicted octanol–water partition coefficient (Wildman–Crippen LogP) is 6.71. The molecule has 3 aromatic rings. The summed E-state index contributed by atoms with van der Waals surface area (Å²) in [6.07, 6.45) is 1.10. The second kappa shape index (κ2) is 8.73. The molecule has 0 bridgehead atoms. The molecule has 0 saturated carbocycles. The van der Waals surface area contributed by atoms with Gasteiger partial charge in [-0.2, -0.15) is 0 Å². The number of Topliss-reactive ketones (excluding diaryl/α,β-unsaturated/α-hetero) is 2. The van der Waals surface area contributed by atoms with E-state index in [-0.39, 0.29) is 17.0 Å². The molecule has 1 aliphatic heterocycles. The van der Waals surface area contributed by atoms with Crippen molar-refractivity contribution in [2.45, 2.75) is 32.6 Å². The second-order valence-corrected chi connectivity index (χ2v) is 11.5. The maximum absolute atomic E-state index is 13.6. The highest BCUT2D eigenvalue weighted by atomic mass is 79.9. The molecule has 0 aromatic heterocycles. The van der Waals surface area contributed by atoms with E-state index >= 15 is 0 Å². The average molecular weight is 554 g/mol. The molecule has 6 rings (SSSR count). The largest absolute Gasteiger partial charge is 0.423 e. The average Bonchev–Trinajstić information content (AvgIpc) is 3.15. The van der Waals surface area contributed by atoms with Crippen molar-refractivity contribution in [2.75, 3.05) is 0 Å². The van der Waals surface area contributed by atoms with Crippen LogP contribution in [0.1, 0.15) is 64.4 Å². The molecule has 0 amide bonds. The SMILES string of the molecule is CC1(C)CC(=O)C2=C(C1)N=C1c3ccccc3C(=O)[C@H]1[C@@H]2c1ccc(OC(=O)c2ccc(Br)cc2)cc1. The maximum atomic E-state index is 13.6. The molecule has 2 atom stereocenters. The van der Waals surface area contributed by atoms with E-state index in [1.54, 1.807) is 36.4 Å². The zero-order valence-corrected chi connectivity index (χ0v) is 22.0. The fourth-order valence-corrected chi connectivity index (χ4v) is 6.00. The van der Waals surface area contributed by atoms with E-state index in [9.17, 15) is 14.4 Å². The fourth-order valence-electron chi connectivity index (χ4n) is 5.74. The highest BCUT2D eigenvalue weighted by Crippen LogP contribution is 2.51. The number of halogens is 1. The number of nitrogens with zero attached hydrogens (tertiary/aromatic N) is 1. The quantitative estimate of drug-likeness (QED) is 0.267. The number of carbonyl (C=O) groups excluding carboxylic acids is 3. The molecule has 37 heavy (non-hydrogen) atoms. The van der Waals surface area contributed by atoms with Crippen LogP contribution in [0.4, 0.5) is 0 Å². The lowest BCUT2D eigenvalue weighted by Crippen LogP contribution is -2.37. The molecule has 184 valence electrons. The van der Waals surface area contributed by atoms with Crippen molar-refractivity contribution in [3.8, 4) is 5.75 Å².